The Morgan fingerprint density at radius 1 is 1.41 bits per heavy atom. The van der Waals surface area contributed by atoms with Gasteiger partial charge in [-0.1, -0.05) is 6.07 Å². The second kappa shape index (κ2) is 4.65. The molecular formula is C14H18FNO. The van der Waals surface area contributed by atoms with E-state index in [9.17, 15) is 4.39 Å². The van der Waals surface area contributed by atoms with Crippen molar-refractivity contribution >= 4 is 0 Å². The average molecular weight is 235 g/mol. The molecule has 3 heteroatoms. The molecule has 0 saturated carbocycles. The summed E-state index contributed by atoms with van der Waals surface area (Å²) in [6.45, 7) is 2.99. The standard InChI is InChI=1S/C14H18FNO/c15-12-3-4-13-11(9-17-14(13)7-12)6-10-2-1-5-16-8-10/h3-4,7,10-11,16H,1-2,5-6,8-9H2/t10-,11?/m1/s1. The molecular weight excluding hydrogens is 217 g/mol. The fourth-order valence-electron chi connectivity index (χ4n) is 2.97. The number of rotatable bonds is 2. The first-order valence-electron chi connectivity index (χ1n) is 6.46. The van der Waals surface area contributed by atoms with E-state index in [-0.39, 0.29) is 5.82 Å². The lowest BCUT2D eigenvalue weighted by molar-refractivity contribution is 0.282. The zero-order valence-corrected chi connectivity index (χ0v) is 9.92. The Morgan fingerprint density at radius 3 is 3.18 bits per heavy atom. The van der Waals surface area contributed by atoms with Gasteiger partial charge in [0.25, 0.3) is 0 Å². The highest BCUT2D eigenvalue weighted by Gasteiger charge is 2.27. The summed E-state index contributed by atoms with van der Waals surface area (Å²) in [6, 6.07) is 4.94. The predicted octanol–water partition coefficient (Wildman–Crippen LogP) is 2.69. The van der Waals surface area contributed by atoms with Crippen molar-refractivity contribution in [2.45, 2.75) is 25.2 Å². The second-order valence-electron chi connectivity index (χ2n) is 5.14. The van der Waals surface area contributed by atoms with Crippen LogP contribution in [0.15, 0.2) is 18.2 Å². The highest BCUT2D eigenvalue weighted by Crippen LogP contribution is 2.38. The number of fused-ring (bicyclic) bond motifs is 1. The molecule has 0 radical (unpaired) electrons. The van der Waals surface area contributed by atoms with Crippen molar-refractivity contribution in [2.24, 2.45) is 5.92 Å². The van der Waals surface area contributed by atoms with Gasteiger partial charge in [-0.3, -0.25) is 0 Å². The summed E-state index contributed by atoms with van der Waals surface area (Å²) in [4.78, 5) is 0. The van der Waals surface area contributed by atoms with Crippen LogP contribution in [0.1, 0.15) is 30.7 Å². The van der Waals surface area contributed by atoms with Gasteiger partial charge in [0.1, 0.15) is 11.6 Å². The van der Waals surface area contributed by atoms with Gasteiger partial charge in [0, 0.05) is 17.5 Å². The lowest BCUT2D eigenvalue weighted by atomic mass is 9.86. The molecule has 2 nitrogen and oxygen atoms in total. The third-order valence-electron chi connectivity index (χ3n) is 3.87. The molecule has 1 aromatic rings. The van der Waals surface area contributed by atoms with Crippen LogP contribution in [0.4, 0.5) is 4.39 Å². The van der Waals surface area contributed by atoms with Gasteiger partial charge in [-0.05, 0) is 44.3 Å². The van der Waals surface area contributed by atoms with Gasteiger partial charge in [0.2, 0.25) is 0 Å². The predicted molar refractivity (Wildman–Crippen MR) is 64.8 cm³/mol. The lowest BCUT2D eigenvalue weighted by Gasteiger charge is -2.24. The minimum absolute atomic E-state index is 0.205. The van der Waals surface area contributed by atoms with Crippen LogP contribution in [-0.2, 0) is 0 Å². The highest BCUT2D eigenvalue weighted by atomic mass is 19.1. The maximum absolute atomic E-state index is 13.1. The number of ether oxygens (including phenoxy) is 1. The molecule has 0 amide bonds. The molecule has 2 atom stereocenters. The molecule has 17 heavy (non-hydrogen) atoms. The molecule has 0 spiro atoms. The summed E-state index contributed by atoms with van der Waals surface area (Å²) in [6.07, 6.45) is 3.74. The SMILES string of the molecule is Fc1ccc2c(c1)OCC2C[C@H]1CCCNC1. The molecule has 0 aromatic heterocycles. The van der Waals surface area contributed by atoms with E-state index in [4.69, 9.17) is 4.74 Å². The summed E-state index contributed by atoms with van der Waals surface area (Å²) < 4.78 is 18.6. The van der Waals surface area contributed by atoms with E-state index in [2.05, 4.69) is 5.32 Å². The van der Waals surface area contributed by atoms with E-state index in [0.29, 0.717) is 5.92 Å². The highest BCUT2D eigenvalue weighted by molar-refractivity contribution is 5.40. The summed E-state index contributed by atoms with van der Waals surface area (Å²) >= 11 is 0. The number of piperidine rings is 1. The van der Waals surface area contributed by atoms with Crippen molar-refractivity contribution in [3.8, 4) is 5.75 Å². The number of halogens is 1. The molecule has 2 aliphatic heterocycles. The minimum Gasteiger partial charge on any atom is -0.493 e. The van der Waals surface area contributed by atoms with Crippen molar-refractivity contribution in [2.75, 3.05) is 19.7 Å². The maximum atomic E-state index is 13.1. The molecule has 2 aliphatic rings. The largest absolute Gasteiger partial charge is 0.493 e. The fourth-order valence-corrected chi connectivity index (χ4v) is 2.97. The van der Waals surface area contributed by atoms with Gasteiger partial charge in [-0.25, -0.2) is 4.39 Å². The van der Waals surface area contributed by atoms with Crippen molar-refractivity contribution in [1.29, 1.82) is 0 Å². The van der Waals surface area contributed by atoms with Crippen LogP contribution in [0.3, 0.4) is 0 Å². The number of nitrogens with one attached hydrogen (secondary N) is 1. The van der Waals surface area contributed by atoms with Gasteiger partial charge >= 0.3 is 0 Å². The van der Waals surface area contributed by atoms with E-state index >= 15 is 0 Å². The zero-order valence-electron chi connectivity index (χ0n) is 9.92. The fraction of sp³-hybridized carbons (Fsp3) is 0.571. The molecule has 3 rings (SSSR count). The minimum atomic E-state index is -0.205. The van der Waals surface area contributed by atoms with Crippen LogP contribution in [0.2, 0.25) is 0 Å². The summed E-state index contributed by atoms with van der Waals surface area (Å²) in [7, 11) is 0. The zero-order chi connectivity index (χ0) is 11.7. The topological polar surface area (TPSA) is 21.3 Å². The Balaban J connectivity index is 1.70. The first-order valence-corrected chi connectivity index (χ1v) is 6.46. The number of hydrogen-bond acceptors (Lipinski definition) is 2. The summed E-state index contributed by atoms with van der Waals surface area (Å²) in [5.41, 5.74) is 1.19. The number of hydrogen-bond donors (Lipinski definition) is 1. The second-order valence-corrected chi connectivity index (χ2v) is 5.14. The van der Waals surface area contributed by atoms with Gasteiger partial charge < -0.3 is 10.1 Å². The van der Waals surface area contributed by atoms with E-state index in [0.717, 1.165) is 37.8 Å². The molecule has 1 N–H and O–H groups in total. The smallest absolute Gasteiger partial charge is 0.126 e. The third-order valence-corrected chi connectivity index (χ3v) is 3.87. The maximum Gasteiger partial charge on any atom is 0.126 e. The Hall–Kier alpha value is -1.09. The Labute approximate surface area is 101 Å². The van der Waals surface area contributed by atoms with E-state index in [1.54, 1.807) is 6.07 Å². The quantitative estimate of drug-likeness (QED) is 0.851. The normalized spacial score (nSPS) is 27.6. The van der Waals surface area contributed by atoms with Gasteiger partial charge in [-0.2, -0.15) is 0 Å². The summed E-state index contributed by atoms with van der Waals surface area (Å²) in [5.74, 6) is 1.74. The molecule has 1 unspecified atom stereocenters. The Morgan fingerprint density at radius 2 is 2.35 bits per heavy atom. The van der Waals surface area contributed by atoms with Gasteiger partial charge in [-0.15, -0.1) is 0 Å². The van der Waals surface area contributed by atoms with Gasteiger partial charge in [0.15, 0.2) is 0 Å². The van der Waals surface area contributed by atoms with Crippen LogP contribution < -0.4 is 10.1 Å². The molecule has 1 aromatic carbocycles. The van der Waals surface area contributed by atoms with E-state index in [1.807, 2.05) is 6.07 Å². The Kier molecular flexibility index (Phi) is 3.02. The molecule has 2 heterocycles. The van der Waals surface area contributed by atoms with Crippen LogP contribution in [0.5, 0.6) is 5.75 Å². The monoisotopic (exact) mass is 235 g/mol. The van der Waals surface area contributed by atoms with Crippen LogP contribution in [0.25, 0.3) is 0 Å². The van der Waals surface area contributed by atoms with Gasteiger partial charge in [0.05, 0.1) is 6.61 Å². The van der Waals surface area contributed by atoms with Crippen molar-refractivity contribution in [3.63, 3.8) is 0 Å². The lowest BCUT2D eigenvalue weighted by Crippen LogP contribution is -2.30. The van der Waals surface area contributed by atoms with Crippen molar-refractivity contribution in [1.82, 2.24) is 5.32 Å². The first-order chi connectivity index (χ1) is 8.33. The Bertz CT molecular complexity index is 401. The number of benzene rings is 1. The molecule has 0 aliphatic carbocycles. The third kappa shape index (κ3) is 2.29. The van der Waals surface area contributed by atoms with Crippen molar-refractivity contribution in [3.05, 3.63) is 29.6 Å². The van der Waals surface area contributed by atoms with Crippen LogP contribution in [0, 0.1) is 11.7 Å². The molecule has 0 bridgehead atoms. The van der Waals surface area contributed by atoms with Crippen LogP contribution >= 0.6 is 0 Å². The van der Waals surface area contributed by atoms with Crippen molar-refractivity contribution < 1.29 is 9.13 Å². The molecule has 92 valence electrons. The average Bonchev–Trinajstić information content (AvgIpc) is 2.73. The van der Waals surface area contributed by atoms with E-state index in [1.165, 1.54) is 24.5 Å². The molecule has 1 fully saturated rings. The van der Waals surface area contributed by atoms with Crippen LogP contribution in [-0.4, -0.2) is 19.7 Å². The van der Waals surface area contributed by atoms with E-state index < -0.39 is 0 Å². The first kappa shape index (κ1) is 11.0. The molecule has 1 saturated heterocycles. The summed E-state index contributed by atoms with van der Waals surface area (Å²) in [5, 5.41) is 3.44.